The summed E-state index contributed by atoms with van der Waals surface area (Å²) in [5.41, 5.74) is 0.397. The van der Waals surface area contributed by atoms with Crippen molar-refractivity contribution in [3.63, 3.8) is 0 Å². The Labute approximate surface area is 153 Å². The Bertz CT molecular complexity index is 987. The van der Waals surface area contributed by atoms with Gasteiger partial charge in [-0.1, -0.05) is 15.9 Å². The van der Waals surface area contributed by atoms with Crippen LogP contribution in [0.4, 0.5) is 0 Å². The number of rotatable bonds is 4. The minimum Gasteiger partial charge on any atom is -0.342 e. The molecule has 25 heavy (non-hydrogen) atoms. The summed E-state index contributed by atoms with van der Waals surface area (Å²) in [7, 11) is -1.42. The van der Waals surface area contributed by atoms with Crippen LogP contribution in [0, 0.1) is 0 Å². The summed E-state index contributed by atoms with van der Waals surface area (Å²) < 4.78 is 25.3. The van der Waals surface area contributed by atoms with Gasteiger partial charge in [-0.2, -0.15) is 0 Å². The lowest BCUT2D eigenvalue weighted by Gasteiger charge is -2.23. The fourth-order valence-electron chi connectivity index (χ4n) is 2.97. The molecule has 3 rings (SSSR count). The fraction of sp³-hybridized carbons (Fsp3) is 0.438. The van der Waals surface area contributed by atoms with Crippen LogP contribution < -0.4 is 5.56 Å². The van der Waals surface area contributed by atoms with Gasteiger partial charge in [0.25, 0.3) is 5.56 Å². The number of carbonyl (C=O) groups is 1. The maximum Gasteiger partial charge on any atom is 0.261 e. The molecule has 1 aromatic carbocycles. The molecule has 0 saturated carbocycles. The summed E-state index contributed by atoms with van der Waals surface area (Å²) in [6.45, 7) is 0.205. The SMILES string of the molecule is CN(C(=O)CCn1cnc2ccc(Br)cc2c1=O)[C@H]1CCS(=O)(=O)C1. The monoisotopic (exact) mass is 427 g/mol. The molecule has 0 bridgehead atoms. The molecular formula is C16H18BrN3O4S. The molecule has 9 heteroatoms. The van der Waals surface area contributed by atoms with Crippen LogP contribution in [0.2, 0.25) is 0 Å². The molecule has 1 aliphatic rings. The van der Waals surface area contributed by atoms with Gasteiger partial charge in [-0.05, 0) is 24.6 Å². The minimum atomic E-state index is -3.04. The van der Waals surface area contributed by atoms with Crippen LogP contribution in [0.25, 0.3) is 10.9 Å². The first-order valence-electron chi connectivity index (χ1n) is 7.87. The van der Waals surface area contributed by atoms with Crippen molar-refractivity contribution in [3.8, 4) is 0 Å². The third-order valence-corrected chi connectivity index (χ3v) is 6.75. The van der Waals surface area contributed by atoms with E-state index in [1.165, 1.54) is 15.8 Å². The number of aryl methyl sites for hydroxylation is 1. The van der Waals surface area contributed by atoms with Gasteiger partial charge >= 0.3 is 0 Å². The van der Waals surface area contributed by atoms with Crippen molar-refractivity contribution in [1.82, 2.24) is 14.5 Å². The standard InChI is InChI=1S/C16H18BrN3O4S/c1-19(12-5-7-25(23,24)9-12)15(21)4-6-20-10-18-14-3-2-11(17)8-13(14)16(20)22/h2-3,8,10,12H,4-7,9H2,1H3/t12-/m0/s1. The zero-order valence-corrected chi connectivity index (χ0v) is 16.1. The predicted molar refractivity (Wildman–Crippen MR) is 98.1 cm³/mol. The molecule has 0 unspecified atom stereocenters. The number of benzene rings is 1. The van der Waals surface area contributed by atoms with Crippen LogP contribution in [0.5, 0.6) is 0 Å². The van der Waals surface area contributed by atoms with Gasteiger partial charge in [0.05, 0.1) is 28.7 Å². The average Bonchev–Trinajstić information content (AvgIpc) is 2.93. The van der Waals surface area contributed by atoms with E-state index < -0.39 is 9.84 Å². The maximum absolute atomic E-state index is 12.5. The van der Waals surface area contributed by atoms with Crippen LogP contribution in [0.3, 0.4) is 0 Å². The number of nitrogens with zero attached hydrogens (tertiary/aromatic N) is 3. The largest absolute Gasteiger partial charge is 0.342 e. The van der Waals surface area contributed by atoms with Crippen molar-refractivity contribution in [3.05, 3.63) is 39.4 Å². The number of halogens is 1. The third-order valence-electron chi connectivity index (χ3n) is 4.50. The van der Waals surface area contributed by atoms with Crippen molar-refractivity contribution in [2.24, 2.45) is 0 Å². The second-order valence-electron chi connectivity index (χ2n) is 6.22. The normalized spacial score (nSPS) is 19.2. The van der Waals surface area contributed by atoms with Gasteiger partial charge < -0.3 is 4.90 Å². The van der Waals surface area contributed by atoms with Crippen molar-refractivity contribution in [1.29, 1.82) is 0 Å². The Morgan fingerprint density at radius 2 is 2.20 bits per heavy atom. The second-order valence-corrected chi connectivity index (χ2v) is 9.36. The number of carbonyl (C=O) groups excluding carboxylic acids is 1. The first-order valence-corrected chi connectivity index (χ1v) is 10.5. The van der Waals surface area contributed by atoms with Gasteiger partial charge in [0.1, 0.15) is 0 Å². The molecule has 0 spiro atoms. The van der Waals surface area contributed by atoms with Gasteiger partial charge in [0, 0.05) is 30.5 Å². The molecule has 1 aliphatic heterocycles. The second kappa shape index (κ2) is 6.87. The van der Waals surface area contributed by atoms with Crippen LogP contribution in [-0.4, -0.2) is 53.4 Å². The summed E-state index contributed by atoms with van der Waals surface area (Å²) in [5.74, 6) is -0.0396. The lowest BCUT2D eigenvalue weighted by molar-refractivity contribution is -0.131. The first-order chi connectivity index (χ1) is 11.8. The number of fused-ring (bicyclic) bond motifs is 1. The maximum atomic E-state index is 12.5. The van der Waals surface area contributed by atoms with Gasteiger partial charge in [-0.3, -0.25) is 14.2 Å². The van der Waals surface area contributed by atoms with Gasteiger partial charge in [0.15, 0.2) is 9.84 Å². The predicted octanol–water partition coefficient (Wildman–Crippen LogP) is 1.19. The number of hydrogen-bond acceptors (Lipinski definition) is 5. The smallest absolute Gasteiger partial charge is 0.261 e. The molecule has 1 fully saturated rings. The summed E-state index contributed by atoms with van der Waals surface area (Å²) in [6.07, 6.45) is 2.02. The molecule has 2 heterocycles. The third kappa shape index (κ3) is 3.92. The number of amides is 1. The van der Waals surface area contributed by atoms with Crippen molar-refractivity contribution in [2.45, 2.75) is 25.4 Å². The summed E-state index contributed by atoms with van der Waals surface area (Å²) >= 11 is 3.33. The van der Waals surface area contributed by atoms with E-state index in [1.807, 2.05) is 6.07 Å². The van der Waals surface area contributed by atoms with Crippen molar-refractivity contribution >= 4 is 42.6 Å². The highest BCUT2D eigenvalue weighted by Gasteiger charge is 2.32. The number of aromatic nitrogens is 2. The molecule has 2 aromatic rings. The zero-order valence-electron chi connectivity index (χ0n) is 13.7. The molecule has 1 saturated heterocycles. The molecular weight excluding hydrogens is 410 g/mol. The van der Waals surface area contributed by atoms with Crippen LogP contribution >= 0.6 is 15.9 Å². The molecule has 7 nitrogen and oxygen atoms in total. The quantitative estimate of drug-likeness (QED) is 0.730. The van der Waals surface area contributed by atoms with E-state index in [2.05, 4.69) is 20.9 Å². The molecule has 0 N–H and O–H groups in total. The highest BCUT2D eigenvalue weighted by atomic mass is 79.9. The summed E-state index contributed by atoms with van der Waals surface area (Å²) in [6, 6.07) is 5.00. The van der Waals surface area contributed by atoms with E-state index >= 15 is 0 Å². The molecule has 0 radical (unpaired) electrons. The highest BCUT2D eigenvalue weighted by Crippen LogP contribution is 2.17. The molecule has 134 valence electrons. The van der Waals surface area contributed by atoms with E-state index in [0.717, 1.165) is 4.47 Å². The van der Waals surface area contributed by atoms with Crippen LogP contribution in [0.15, 0.2) is 33.8 Å². The summed E-state index contributed by atoms with van der Waals surface area (Å²) in [4.78, 5) is 30.6. The number of sulfone groups is 1. The van der Waals surface area contributed by atoms with Gasteiger partial charge in [0.2, 0.25) is 5.91 Å². The topological polar surface area (TPSA) is 89.3 Å². The molecule has 0 aliphatic carbocycles. The highest BCUT2D eigenvalue weighted by molar-refractivity contribution is 9.10. The first kappa shape index (κ1) is 18.1. The van der Waals surface area contributed by atoms with E-state index in [0.29, 0.717) is 17.3 Å². The van der Waals surface area contributed by atoms with E-state index in [9.17, 15) is 18.0 Å². The fourth-order valence-corrected chi connectivity index (χ4v) is 5.10. The lowest BCUT2D eigenvalue weighted by atomic mass is 10.2. The van der Waals surface area contributed by atoms with Crippen LogP contribution in [0.1, 0.15) is 12.8 Å². The zero-order chi connectivity index (χ0) is 18.2. The Balaban J connectivity index is 1.71. The molecule has 1 amide bonds. The van der Waals surface area contributed by atoms with Crippen molar-refractivity contribution in [2.75, 3.05) is 18.6 Å². The molecule has 1 aromatic heterocycles. The minimum absolute atomic E-state index is 0.0146. The lowest BCUT2D eigenvalue weighted by Crippen LogP contribution is -2.38. The van der Waals surface area contributed by atoms with Gasteiger partial charge in [-0.15, -0.1) is 0 Å². The Kier molecular flexibility index (Phi) is 4.97. The summed E-state index contributed by atoms with van der Waals surface area (Å²) in [5, 5.41) is 0.486. The average molecular weight is 428 g/mol. The van der Waals surface area contributed by atoms with Crippen LogP contribution in [-0.2, 0) is 21.2 Å². The van der Waals surface area contributed by atoms with Gasteiger partial charge in [-0.25, -0.2) is 13.4 Å². The van der Waals surface area contributed by atoms with E-state index in [1.54, 1.807) is 19.2 Å². The molecule has 1 atom stereocenters. The Hall–Kier alpha value is -1.74. The van der Waals surface area contributed by atoms with E-state index in [4.69, 9.17) is 0 Å². The van der Waals surface area contributed by atoms with E-state index in [-0.39, 0.29) is 42.0 Å². The van der Waals surface area contributed by atoms with Crippen molar-refractivity contribution < 1.29 is 13.2 Å². The number of hydrogen-bond donors (Lipinski definition) is 0. The Morgan fingerprint density at radius 3 is 2.88 bits per heavy atom. The Morgan fingerprint density at radius 1 is 1.44 bits per heavy atom.